The zero-order valence-corrected chi connectivity index (χ0v) is 21.9. The van der Waals surface area contributed by atoms with Gasteiger partial charge in [-0.15, -0.1) is 0 Å². The summed E-state index contributed by atoms with van der Waals surface area (Å²) < 4.78 is 5.42. The van der Waals surface area contributed by atoms with Crippen molar-refractivity contribution >= 4 is 17.9 Å². The van der Waals surface area contributed by atoms with Gasteiger partial charge in [-0.3, -0.25) is 9.59 Å². The Bertz CT molecular complexity index is 825. The van der Waals surface area contributed by atoms with E-state index in [1.165, 1.54) is 0 Å². The van der Waals surface area contributed by atoms with Crippen molar-refractivity contribution in [2.24, 2.45) is 5.92 Å². The van der Waals surface area contributed by atoms with Crippen LogP contribution in [-0.4, -0.2) is 47.0 Å². The monoisotopic (exact) mass is 473 g/mol. The van der Waals surface area contributed by atoms with Crippen molar-refractivity contribution in [2.45, 2.75) is 104 Å². The number of aryl methyl sites for hydroxylation is 1. The van der Waals surface area contributed by atoms with Crippen LogP contribution in [0.2, 0.25) is 0 Å². The molecule has 0 radical (unpaired) electrons. The normalized spacial score (nSPS) is 15.8. The van der Waals surface area contributed by atoms with Crippen molar-refractivity contribution in [2.75, 3.05) is 6.54 Å². The molecule has 1 aliphatic rings. The molecule has 0 spiro atoms. The first-order valence-electron chi connectivity index (χ1n) is 12.6. The zero-order chi connectivity index (χ0) is 25.5. The molecule has 0 aromatic heterocycles. The number of rotatable bonds is 10. The van der Waals surface area contributed by atoms with Gasteiger partial charge in [0.1, 0.15) is 17.7 Å². The van der Waals surface area contributed by atoms with Crippen LogP contribution in [0.3, 0.4) is 0 Å². The fraction of sp³-hybridized carbons (Fsp3) is 0.667. The van der Waals surface area contributed by atoms with Crippen LogP contribution in [0.4, 0.5) is 4.79 Å². The maximum absolute atomic E-state index is 14.0. The SMILES string of the molecule is CCCCNC(=O)C(c1ccc(C)cc1)N(C(=O)C(NC(=O)OC(C)(C)C)C(C)C)C1CCC1. The molecule has 190 valence electrons. The topological polar surface area (TPSA) is 87.7 Å². The van der Waals surface area contributed by atoms with Crippen LogP contribution in [0.15, 0.2) is 24.3 Å². The number of amides is 3. The molecule has 2 atom stereocenters. The van der Waals surface area contributed by atoms with Gasteiger partial charge in [0.05, 0.1) is 0 Å². The Morgan fingerprint density at radius 3 is 2.21 bits per heavy atom. The highest BCUT2D eigenvalue weighted by atomic mass is 16.6. The summed E-state index contributed by atoms with van der Waals surface area (Å²) in [5, 5.41) is 5.81. The highest BCUT2D eigenvalue weighted by molar-refractivity contribution is 5.92. The number of hydrogen-bond donors (Lipinski definition) is 2. The van der Waals surface area contributed by atoms with E-state index in [9.17, 15) is 14.4 Å². The molecule has 2 unspecified atom stereocenters. The number of carbonyl (C=O) groups excluding carboxylic acids is 3. The van der Waals surface area contributed by atoms with Gasteiger partial charge in [-0.1, -0.05) is 57.0 Å². The van der Waals surface area contributed by atoms with E-state index in [1.807, 2.05) is 45.0 Å². The van der Waals surface area contributed by atoms with E-state index in [2.05, 4.69) is 17.6 Å². The Kier molecular flexibility index (Phi) is 9.95. The molecule has 2 rings (SSSR count). The molecule has 0 saturated heterocycles. The van der Waals surface area contributed by atoms with Crippen molar-refractivity contribution in [1.82, 2.24) is 15.5 Å². The summed E-state index contributed by atoms with van der Waals surface area (Å²) in [4.78, 5) is 41.8. The smallest absolute Gasteiger partial charge is 0.408 e. The predicted octanol–water partition coefficient (Wildman–Crippen LogP) is 4.88. The number of hydrogen-bond acceptors (Lipinski definition) is 4. The number of benzene rings is 1. The summed E-state index contributed by atoms with van der Waals surface area (Å²) in [7, 11) is 0. The molecule has 0 bridgehead atoms. The summed E-state index contributed by atoms with van der Waals surface area (Å²) in [6, 6.07) is 6.17. The minimum Gasteiger partial charge on any atom is -0.444 e. The summed E-state index contributed by atoms with van der Waals surface area (Å²) in [5.74, 6) is -0.608. The first-order valence-corrected chi connectivity index (χ1v) is 12.6. The van der Waals surface area contributed by atoms with E-state index in [0.29, 0.717) is 6.54 Å². The van der Waals surface area contributed by atoms with Crippen molar-refractivity contribution < 1.29 is 19.1 Å². The summed E-state index contributed by atoms with van der Waals surface area (Å²) in [6.45, 7) is 13.8. The third-order valence-corrected chi connectivity index (χ3v) is 6.08. The van der Waals surface area contributed by atoms with Gasteiger partial charge < -0.3 is 20.3 Å². The standard InChI is InChI=1S/C27H43N3O4/c1-8-9-17-28-24(31)23(20-15-13-19(4)14-16-20)30(21-11-10-12-21)25(32)22(18(2)3)29-26(33)34-27(5,6)7/h13-16,18,21-23H,8-12,17H2,1-7H3,(H,28,31)(H,29,33). The summed E-state index contributed by atoms with van der Waals surface area (Å²) >= 11 is 0. The largest absolute Gasteiger partial charge is 0.444 e. The van der Waals surface area contributed by atoms with Crippen LogP contribution in [0, 0.1) is 12.8 Å². The lowest BCUT2D eigenvalue weighted by atomic mass is 9.87. The van der Waals surface area contributed by atoms with Crippen molar-refractivity contribution in [3.05, 3.63) is 35.4 Å². The molecule has 7 heteroatoms. The number of alkyl carbamates (subject to hydrolysis) is 1. The van der Waals surface area contributed by atoms with Crippen molar-refractivity contribution in [3.63, 3.8) is 0 Å². The molecule has 1 fully saturated rings. The molecule has 0 heterocycles. The number of nitrogens with one attached hydrogen (secondary N) is 2. The molecule has 0 aliphatic heterocycles. The molecular formula is C27H43N3O4. The molecule has 1 aromatic carbocycles. The van der Waals surface area contributed by atoms with Crippen LogP contribution in [0.25, 0.3) is 0 Å². The maximum atomic E-state index is 14.0. The van der Waals surface area contributed by atoms with Gasteiger partial charge in [-0.25, -0.2) is 4.79 Å². The van der Waals surface area contributed by atoms with Crippen molar-refractivity contribution in [1.29, 1.82) is 0 Å². The Labute approximate surface area is 205 Å². The van der Waals surface area contributed by atoms with Crippen LogP contribution >= 0.6 is 0 Å². The van der Waals surface area contributed by atoms with Crippen LogP contribution in [0.5, 0.6) is 0 Å². The average Bonchev–Trinajstić information content (AvgIpc) is 2.69. The molecule has 34 heavy (non-hydrogen) atoms. The lowest BCUT2D eigenvalue weighted by molar-refractivity contribution is -0.148. The molecule has 3 amide bonds. The number of ether oxygens (including phenoxy) is 1. The second-order valence-corrected chi connectivity index (χ2v) is 10.7. The Hall–Kier alpha value is -2.57. The van der Waals surface area contributed by atoms with Gasteiger partial charge in [-0.05, 0) is 64.9 Å². The number of carbonyl (C=O) groups is 3. The molecule has 1 saturated carbocycles. The highest BCUT2D eigenvalue weighted by Gasteiger charge is 2.42. The van der Waals surface area contributed by atoms with Gasteiger partial charge in [0.2, 0.25) is 11.8 Å². The van der Waals surface area contributed by atoms with Crippen LogP contribution < -0.4 is 10.6 Å². The van der Waals surface area contributed by atoms with E-state index in [1.54, 1.807) is 25.7 Å². The van der Waals surface area contributed by atoms with E-state index in [-0.39, 0.29) is 23.8 Å². The molecule has 1 aromatic rings. The van der Waals surface area contributed by atoms with Gasteiger partial charge in [0, 0.05) is 12.6 Å². The highest BCUT2D eigenvalue weighted by Crippen LogP contribution is 2.34. The Morgan fingerprint density at radius 2 is 1.74 bits per heavy atom. The molecule has 2 N–H and O–H groups in total. The first kappa shape index (κ1) is 27.7. The van der Waals surface area contributed by atoms with Gasteiger partial charge in [-0.2, -0.15) is 0 Å². The second-order valence-electron chi connectivity index (χ2n) is 10.7. The minimum atomic E-state index is -0.799. The third kappa shape index (κ3) is 7.74. The van der Waals surface area contributed by atoms with Crippen LogP contribution in [-0.2, 0) is 14.3 Å². The molecule has 1 aliphatic carbocycles. The summed E-state index contributed by atoms with van der Waals surface area (Å²) in [5.41, 5.74) is 1.19. The zero-order valence-electron chi connectivity index (χ0n) is 21.9. The minimum absolute atomic E-state index is 0.0441. The predicted molar refractivity (Wildman–Crippen MR) is 134 cm³/mol. The molecule has 7 nitrogen and oxygen atoms in total. The first-order chi connectivity index (χ1) is 15.9. The molecular weight excluding hydrogens is 430 g/mol. The van der Waals surface area contributed by atoms with Gasteiger partial charge in [0.25, 0.3) is 0 Å². The fourth-order valence-corrected chi connectivity index (χ4v) is 3.96. The van der Waals surface area contributed by atoms with E-state index < -0.39 is 23.8 Å². The van der Waals surface area contributed by atoms with Crippen molar-refractivity contribution in [3.8, 4) is 0 Å². The van der Waals surface area contributed by atoms with E-state index in [0.717, 1.165) is 43.2 Å². The van der Waals surface area contributed by atoms with E-state index in [4.69, 9.17) is 4.74 Å². The fourth-order valence-electron chi connectivity index (χ4n) is 3.96. The van der Waals surface area contributed by atoms with E-state index >= 15 is 0 Å². The Balaban J connectivity index is 2.42. The maximum Gasteiger partial charge on any atom is 0.408 e. The quantitative estimate of drug-likeness (QED) is 0.474. The van der Waals surface area contributed by atoms with Gasteiger partial charge >= 0.3 is 6.09 Å². The third-order valence-electron chi connectivity index (χ3n) is 6.08. The Morgan fingerprint density at radius 1 is 1.12 bits per heavy atom. The summed E-state index contributed by atoms with van der Waals surface area (Å²) in [6.07, 6.45) is 3.90. The number of nitrogens with zero attached hydrogens (tertiary/aromatic N) is 1. The average molecular weight is 474 g/mol. The van der Waals surface area contributed by atoms with Gasteiger partial charge in [0.15, 0.2) is 0 Å². The lowest BCUT2D eigenvalue weighted by Gasteiger charge is -2.44. The number of unbranched alkanes of at least 4 members (excludes halogenated alkanes) is 1. The lowest BCUT2D eigenvalue weighted by Crippen LogP contribution is -2.58. The van der Waals surface area contributed by atoms with Crippen LogP contribution in [0.1, 0.15) is 90.8 Å². The second kappa shape index (κ2) is 12.2.